The van der Waals surface area contributed by atoms with Gasteiger partial charge in [0.2, 0.25) is 0 Å². The SMILES string of the molecule is Cc1ccc(NC(=S)Nc2cccc(Cl)c2C)c(Cl)c1. The Labute approximate surface area is 134 Å². The minimum Gasteiger partial charge on any atom is -0.332 e. The predicted octanol–water partition coefficient (Wildman–Crippen LogP) is 5.42. The van der Waals surface area contributed by atoms with Crippen LogP contribution in [-0.2, 0) is 0 Å². The van der Waals surface area contributed by atoms with Crippen molar-refractivity contribution in [3.63, 3.8) is 0 Å². The normalized spacial score (nSPS) is 10.2. The lowest BCUT2D eigenvalue weighted by Crippen LogP contribution is -2.19. The van der Waals surface area contributed by atoms with Gasteiger partial charge in [-0.05, 0) is 61.5 Å². The van der Waals surface area contributed by atoms with Gasteiger partial charge in [-0.1, -0.05) is 35.3 Å². The van der Waals surface area contributed by atoms with Crippen molar-refractivity contribution >= 4 is 51.9 Å². The molecule has 0 spiro atoms. The molecule has 104 valence electrons. The van der Waals surface area contributed by atoms with Gasteiger partial charge in [0, 0.05) is 10.7 Å². The third-order valence-electron chi connectivity index (χ3n) is 2.89. The first-order valence-corrected chi connectivity index (χ1v) is 7.23. The number of aryl methyl sites for hydroxylation is 1. The number of anilines is 2. The van der Waals surface area contributed by atoms with Crippen LogP contribution in [-0.4, -0.2) is 5.11 Å². The monoisotopic (exact) mass is 324 g/mol. The van der Waals surface area contributed by atoms with E-state index in [9.17, 15) is 0 Å². The molecular formula is C15H14Cl2N2S. The van der Waals surface area contributed by atoms with E-state index in [1.54, 1.807) is 0 Å². The quantitative estimate of drug-likeness (QED) is 0.721. The van der Waals surface area contributed by atoms with E-state index in [0.717, 1.165) is 22.5 Å². The van der Waals surface area contributed by atoms with E-state index in [0.29, 0.717) is 15.2 Å². The van der Waals surface area contributed by atoms with Gasteiger partial charge < -0.3 is 10.6 Å². The van der Waals surface area contributed by atoms with Crippen molar-refractivity contribution < 1.29 is 0 Å². The van der Waals surface area contributed by atoms with Crippen LogP contribution in [0, 0.1) is 13.8 Å². The second-order valence-corrected chi connectivity index (χ2v) is 5.70. The average molecular weight is 325 g/mol. The Morgan fingerprint density at radius 1 is 0.950 bits per heavy atom. The Kier molecular flexibility index (Phi) is 4.86. The molecule has 20 heavy (non-hydrogen) atoms. The number of nitrogens with one attached hydrogen (secondary N) is 2. The lowest BCUT2D eigenvalue weighted by atomic mass is 10.2. The maximum atomic E-state index is 6.16. The highest BCUT2D eigenvalue weighted by Gasteiger charge is 2.06. The molecule has 0 aliphatic heterocycles. The number of thiocarbonyl (C=S) groups is 1. The summed E-state index contributed by atoms with van der Waals surface area (Å²) in [6.45, 7) is 3.92. The van der Waals surface area contributed by atoms with Crippen molar-refractivity contribution in [1.29, 1.82) is 0 Å². The van der Waals surface area contributed by atoms with Crippen LogP contribution in [0.25, 0.3) is 0 Å². The molecule has 0 aliphatic rings. The fraction of sp³-hybridized carbons (Fsp3) is 0.133. The first kappa shape index (κ1) is 15.1. The summed E-state index contributed by atoms with van der Waals surface area (Å²) in [5.74, 6) is 0. The highest BCUT2D eigenvalue weighted by molar-refractivity contribution is 7.80. The van der Waals surface area contributed by atoms with Crippen LogP contribution in [0.2, 0.25) is 10.0 Å². The van der Waals surface area contributed by atoms with E-state index in [-0.39, 0.29) is 0 Å². The van der Waals surface area contributed by atoms with Crippen LogP contribution in [0.1, 0.15) is 11.1 Å². The molecule has 2 N–H and O–H groups in total. The molecular weight excluding hydrogens is 311 g/mol. The summed E-state index contributed by atoms with van der Waals surface area (Å²) in [6, 6.07) is 11.4. The topological polar surface area (TPSA) is 24.1 Å². The second-order valence-electron chi connectivity index (χ2n) is 4.47. The molecule has 2 nitrogen and oxygen atoms in total. The fourth-order valence-electron chi connectivity index (χ4n) is 1.74. The van der Waals surface area contributed by atoms with Crippen LogP contribution in [0.15, 0.2) is 36.4 Å². The molecule has 5 heteroatoms. The molecule has 0 radical (unpaired) electrons. The molecule has 0 aliphatic carbocycles. The highest BCUT2D eigenvalue weighted by atomic mass is 35.5. The zero-order valence-corrected chi connectivity index (χ0v) is 13.5. The molecule has 2 aromatic carbocycles. The third-order valence-corrected chi connectivity index (χ3v) is 3.81. The summed E-state index contributed by atoms with van der Waals surface area (Å²) in [6.07, 6.45) is 0. The minimum atomic E-state index is 0.473. The standard InChI is InChI=1S/C15H14Cl2N2S/c1-9-6-7-14(12(17)8-9)19-15(20)18-13-5-3-4-11(16)10(13)2/h3-8H,1-2H3,(H2,18,19,20). The van der Waals surface area contributed by atoms with Gasteiger partial charge in [0.05, 0.1) is 10.7 Å². The lowest BCUT2D eigenvalue weighted by molar-refractivity contribution is 1.45. The number of hydrogen-bond acceptors (Lipinski definition) is 1. The third kappa shape index (κ3) is 3.63. The molecule has 2 aromatic rings. The molecule has 0 amide bonds. The number of halogens is 2. The van der Waals surface area contributed by atoms with Crippen LogP contribution < -0.4 is 10.6 Å². The summed E-state index contributed by atoms with van der Waals surface area (Å²) in [4.78, 5) is 0. The van der Waals surface area contributed by atoms with Crippen molar-refractivity contribution in [2.24, 2.45) is 0 Å². The van der Waals surface area contributed by atoms with E-state index < -0.39 is 0 Å². The molecule has 0 unspecified atom stereocenters. The summed E-state index contributed by atoms with van der Waals surface area (Å²) in [5.41, 5.74) is 3.70. The smallest absolute Gasteiger partial charge is 0.175 e. The Morgan fingerprint density at radius 2 is 1.65 bits per heavy atom. The minimum absolute atomic E-state index is 0.473. The van der Waals surface area contributed by atoms with E-state index in [1.807, 2.05) is 50.2 Å². The largest absolute Gasteiger partial charge is 0.332 e. The van der Waals surface area contributed by atoms with Crippen molar-refractivity contribution in [2.45, 2.75) is 13.8 Å². The number of hydrogen-bond donors (Lipinski definition) is 2. The summed E-state index contributed by atoms with van der Waals surface area (Å²) in [7, 11) is 0. The molecule has 0 bridgehead atoms. The average Bonchev–Trinajstić information content (AvgIpc) is 2.38. The van der Waals surface area contributed by atoms with Gasteiger partial charge in [-0.15, -0.1) is 0 Å². The number of rotatable bonds is 2. The van der Waals surface area contributed by atoms with E-state index in [4.69, 9.17) is 35.4 Å². The first-order chi connectivity index (χ1) is 9.47. The first-order valence-electron chi connectivity index (χ1n) is 6.06. The molecule has 0 atom stereocenters. The van der Waals surface area contributed by atoms with Gasteiger partial charge in [0.15, 0.2) is 5.11 Å². The van der Waals surface area contributed by atoms with E-state index >= 15 is 0 Å². The van der Waals surface area contributed by atoms with Gasteiger partial charge >= 0.3 is 0 Å². The van der Waals surface area contributed by atoms with Gasteiger partial charge in [-0.25, -0.2) is 0 Å². The Bertz CT molecular complexity index is 656. The predicted molar refractivity (Wildman–Crippen MR) is 92.2 cm³/mol. The van der Waals surface area contributed by atoms with E-state index in [1.165, 1.54) is 0 Å². The second kappa shape index (κ2) is 6.44. The van der Waals surface area contributed by atoms with Gasteiger partial charge in [0.1, 0.15) is 0 Å². The van der Waals surface area contributed by atoms with Crippen LogP contribution in [0.3, 0.4) is 0 Å². The van der Waals surface area contributed by atoms with Gasteiger partial charge in [-0.2, -0.15) is 0 Å². The summed E-state index contributed by atoms with van der Waals surface area (Å²) in [5, 5.41) is 8.01. The fourth-order valence-corrected chi connectivity index (χ4v) is 2.42. The molecule has 0 fully saturated rings. The zero-order valence-electron chi connectivity index (χ0n) is 11.1. The van der Waals surface area contributed by atoms with Crippen LogP contribution in [0.4, 0.5) is 11.4 Å². The van der Waals surface area contributed by atoms with Crippen molar-refractivity contribution in [3.8, 4) is 0 Å². The van der Waals surface area contributed by atoms with Crippen molar-refractivity contribution in [1.82, 2.24) is 0 Å². The maximum absolute atomic E-state index is 6.16. The number of benzene rings is 2. The molecule has 0 heterocycles. The molecule has 0 saturated heterocycles. The van der Waals surface area contributed by atoms with Crippen LogP contribution in [0.5, 0.6) is 0 Å². The maximum Gasteiger partial charge on any atom is 0.175 e. The Hall–Kier alpha value is -1.29. The zero-order chi connectivity index (χ0) is 14.7. The van der Waals surface area contributed by atoms with Gasteiger partial charge in [-0.3, -0.25) is 0 Å². The summed E-state index contributed by atoms with van der Waals surface area (Å²) < 4.78 is 0. The molecule has 2 rings (SSSR count). The van der Waals surface area contributed by atoms with Crippen molar-refractivity contribution in [3.05, 3.63) is 57.6 Å². The van der Waals surface area contributed by atoms with Gasteiger partial charge in [0.25, 0.3) is 0 Å². The van der Waals surface area contributed by atoms with Crippen LogP contribution >= 0.6 is 35.4 Å². The molecule has 0 saturated carbocycles. The summed E-state index contributed by atoms with van der Waals surface area (Å²) >= 11 is 17.5. The van der Waals surface area contributed by atoms with Crippen molar-refractivity contribution in [2.75, 3.05) is 10.6 Å². The lowest BCUT2D eigenvalue weighted by Gasteiger charge is -2.14. The Morgan fingerprint density at radius 3 is 2.35 bits per heavy atom. The van der Waals surface area contributed by atoms with E-state index in [2.05, 4.69) is 10.6 Å². The Balaban J connectivity index is 2.11. The highest BCUT2D eigenvalue weighted by Crippen LogP contribution is 2.25. The molecule has 0 aromatic heterocycles.